The lowest BCUT2D eigenvalue weighted by Gasteiger charge is -2.33. The summed E-state index contributed by atoms with van der Waals surface area (Å²) in [6, 6.07) is 7.11. The van der Waals surface area contributed by atoms with Gasteiger partial charge < -0.3 is 25.3 Å². The first-order valence-electron chi connectivity index (χ1n) is 11.8. The zero-order valence-corrected chi connectivity index (χ0v) is 21.1. The summed E-state index contributed by atoms with van der Waals surface area (Å²) >= 11 is 0. The largest absolute Gasteiger partial charge is 0.466 e. The van der Waals surface area contributed by atoms with E-state index in [0.29, 0.717) is 5.69 Å². The van der Waals surface area contributed by atoms with Crippen LogP contribution in [0.4, 0.5) is 5.69 Å². The molecule has 0 saturated heterocycles. The van der Waals surface area contributed by atoms with Crippen LogP contribution in [-0.2, 0) is 33.4 Å². The van der Waals surface area contributed by atoms with Gasteiger partial charge in [0.2, 0.25) is 0 Å². The number of rotatable bonds is 7. The van der Waals surface area contributed by atoms with Gasteiger partial charge >= 0.3 is 17.9 Å². The molecule has 2 aliphatic carbocycles. The molecule has 2 aliphatic rings. The molecular formula is C26H34N2O7. The number of aryl methyl sites for hydroxylation is 1. The SMILES string of the molecule is CCOC(=O)C1C2CC(=C(N)C(=O)Nc3ccc(C)cc3)C(C(=O)OCC)(C(=O)OC(C)(C)C)C21. The van der Waals surface area contributed by atoms with Gasteiger partial charge in [-0.1, -0.05) is 17.7 Å². The van der Waals surface area contributed by atoms with E-state index in [-0.39, 0.29) is 30.9 Å². The Hall–Kier alpha value is -3.36. The van der Waals surface area contributed by atoms with Crippen LogP contribution in [0.2, 0.25) is 0 Å². The third-order valence-corrected chi connectivity index (χ3v) is 6.34. The highest BCUT2D eigenvalue weighted by molar-refractivity contribution is 6.11. The lowest BCUT2D eigenvalue weighted by atomic mass is 9.75. The number of carbonyl (C=O) groups is 4. The minimum absolute atomic E-state index is 0.00636. The topological polar surface area (TPSA) is 134 Å². The van der Waals surface area contributed by atoms with E-state index in [1.807, 2.05) is 19.1 Å². The first-order valence-corrected chi connectivity index (χ1v) is 11.8. The first kappa shape index (κ1) is 26.2. The minimum Gasteiger partial charge on any atom is -0.466 e. The van der Waals surface area contributed by atoms with Crippen molar-refractivity contribution in [2.45, 2.75) is 53.6 Å². The van der Waals surface area contributed by atoms with Gasteiger partial charge in [0.15, 0.2) is 5.41 Å². The molecule has 4 atom stereocenters. The summed E-state index contributed by atoms with van der Waals surface area (Å²) in [5.41, 5.74) is 4.74. The van der Waals surface area contributed by atoms with E-state index in [2.05, 4.69) is 5.32 Å². The molecule has 0 aromatic heterocycles. The smallest absolute Gasteiger partial charge is 0.328 e. The average Bonchev–Trinajstić information content (AvgIpc) is 3.37. The van der Waals surface area contributed by atoms with Gasteiger partial charge in [-0.2, -0.15) is 0 Å². The van der Waals surface area contributed by atoms with Crippen LogP contribution >= 0.6 is 0 Å². The number of nitrogens with one attached hydrogen (secondary N) is 1. The third kappa shape index (κ3) is 4.90. The Labute approximate surface area is 205 Å². The second-order valence-electron chi connectivity index (χ2n) is 9.91. The van der Waals surface area contributed by atoms with Gasteiger partial charge in [-0.15, -0.1) is 0 Å². The number of nitrogens with two attached hydrogens (primary N) is 1. The van der Waals surface area contributed by atoms with E-state index in [1.54, 1.807) is 46.8 Å². The van der Waals surface area contributed by atoms with Gasteiger partial charge in [0, 0.05) is 11.6 Å². The van der Waals surface area contributed by atoms with E-state index in [4.69, 9.17) is 19.9 Å². The number of carbonyl (C=O) groups excluding carboxylic acids is 4. The Morgan fingerprint density at radius 3 is 2.17 bits per heavy atom. The summed E-state index contributed by atoms with van der Waals surface area (Å²) in [5.74, 6) is -4.78. The summed E-state index contributed by atoms with van der Waals surface area (Å²) in [5, 5.41) is 2.71. The summed E-state index contributed by atoms with van der Waals surface area (Å²) < 4.78 is 16.2. The van der Waals surface area contributed by atoms with Crippen molar-refractivity contribution in [3.8, 4) is 0 Å². The molecule has 1 amide bonds. The van der Waals surface area contributed by atoms with Crippen molar-refractivity contribution in [3.05, 3.63) is 41.1 Å². The van der Waals surface area contributed by atoms with E-state index < -0.39 is 52.6 Å². The molecule has 9 nitrogen and oxygen atoms in total. The maximum absolute atomic E-state index is 13.7. The van der Waals surface area contributed by atoms with Crippen LogP contribution in [-0.4, -0.2) is 42.6 Å². The molecule has 0 radical (unpaired) electrons. The fourth-order valence-corrected chi connectivity index (χ4v) is 4.88. The van der Waals surface area contributed by atoms with Crippen molar-refractivity contribution >= 4 is 29.5 Å². The number of amides is 1. The van der Waals surface area contributed by atoms with Crippen LogP contribution in [0.5, 0.6) is 0 Å². The van der Waals surface area contributed by atoms with Crippen LogP contribution in [0.3, 0.4) is 0 Å². The molecule has 0 spiro atoms. The summed E-state index contributed by atoms with van der Waals surface area (Å²) in [6.45, 7) is 10.4. The first-order chi connectivity index (χ1) is 16.4. The number of fused-ring (bicyclic) bond motifs is 1. The molecule has 9 heteroatoms. The van der Waals surface area contributed by atoms with Crippen LogP contribution in [0.25, 0.3) is 0 Å². The van der Waals surface area contributed by atoms with Crippen molar-refractivity contribution in [1.82, 2.24) is 0 Å². The monoisotopic (exact) mass is 486 g/mol. The molecule has 3 N–H and O–H groups in total. The molecule has 0 bridgehead atoms. The standard InChI is InChI=1S/C26H34N2O7/c1-7-33-22(30)18-16-13-17(20(27)21(29)28-15-11-9-14(3)10-12-15)26(19(16)18,23(31)34-8-2)24(32)35-25(4,5)6/h9-12,16,18-19H,7-8,13,27H2,1-6H3,(H,28,29). The second-order valence-corrected chi connectivity index (χ2v) is 9.91. The zero-order valence-electron chi connectivity index (χ0n) is 21.1. The van der Waals surface area contributed by atoms with E-state index in [0.717, 1.165) is 5.56 Å². The molecule has 190 valence electrons. The number of hydrogen-bond donors (Lipinski definition) is 2. The maximum Gasteiger partial charge on any atom is 0.328 e. The lowest BCUT2D eigenvalue weighted by molar-refractivity contribution is -0.178. The lowest BCUT2D eigenvalue weighted by Crippen LogP contribution is -2.48. The highest BCUT2D eigenvalue weighted by Crippen LogP contribution is 2.70. The van der Waals surface area contributed by atoms with E-state index in [1.165, 1.54) is 0 Å². The van der Waals surface area contributed by atoms with Crippen LogP contribution in [0, 0.1) is 30.1 Å². The van der Waals surface area contributed by atoms with Gasteiger partial charge in [0.1, 0.15) is 5.60 Å². The number of benzene rings is 1. The molecule has 0 aliphatic heterocycles. The predicted octanol–water partition coefficient (Wildman–Crippen LogP) is 2.87. The van der Waals surface area contributed by atoms with Crippen LogP contribution in [0.15, 0.2) is 35.5 Å². The Bertz CT molecular complexity index is 1050. The molecule has 3 rings (SSSR count). The molecule has 35 heavy (non-hydrogen) atoms. The Morgan fingerprint density at radius 2 is 1.63 bits per heavy atom. The van der Waals surface area contributed by atoms with E-state index in [9.17, 15) is 19.2 Å². The van der Waals surface area contributed by atoms with Crippen molar-refractivity contribution in [3.63, 3.8) is 0 Å². The molecule has 2 fully saturated rings. The van der Waals surface area contributed by atoms with Gasteiger partial charge in [-0.3, -0.25) is 19.2 Å². The fourth-order valence-electron chi connectivity index (χ4n) is 4.88. The molecule has 0 heterocycles. The Balaban J connectivity index is 2.10. The molecule has 1 aromatic carbocycles. The molecule has 1 aromatic rings. The maximum atomic E-state index is 13.7. The summed E-state index contributed by atoms with van der Waals surface area (Å²) in [6.07, 6.45) is 0.0966. The molecule has 2 saturated carbocycles. The van der Waals surface area contributed by atoms with Crippen LogP contribution in [0.1, 0.15) is 46.6 Å². The van der Waals surface area contributed by atoms with Crippen LogP contribution < -0.4 is 11.1 Å². The van der Waals surface area contributed by atoms with Crippen molar-refractivity contribution in [2.75, 3.05) is 18.5 Å². The number of ether oxygens (including phenoxy) is 3. The number of anilines is 1. The van der Waals surface area contributed by atoms with Gasteiger partial charge in [-0.25, -0.2) is 0 Å². The van der Waals surface area contributed by atoms with Crippen molar-refractivity contribution < 1.29 is 33.4 Å². The summed E-state index contributed by atoms with van der Waals surface area (Å²) in [4.78, 5) is 52.9. The van der Waals surface area contributed by atoms with Gasteiger partial charge in [0.25, 0.3) is 5.91 Å². The van der Waals surface area contributed by atoms with Gasteiger partial charge in [-0.05, 0) is 71.6 Å². The zero-order chi connectivity index (χ0) is 26.1. The van der Waals surface area contributed by atoms with Crippen molar-refractivity contribution in [2.24, 2.45) is 28.9 Å². The fraction of sp³-hybridized carbons (Fsp3) is 0.538. The minimum atomic E-state index is -2.01. The van der Waals surface area contributed by atoms with Crippen molar-refractivity contribution in [1.29, 1.82) is 0 Å². The summed E-state index contributed by atoms with van der Waals surface area (Å²) in [7, 11) is 0. The quantitative estimate of drug-likeness (QED) is 0.260. The Kier molecular flexibility index (Phi) is 7.29. The third-order valence-electron chi connectivity index (χ3n) is 6.34. The highest BCUT2D eigenvalue weighted by Gasteiger charge is 2.78. The average molecular weight is 487 g/mol. The highest BCUT2D eigenvalue weighted by atomic mass is 16.6. The predicted molar refractivity (Wildman–Crippen MR) is 128 cm³/mol. The van der Waals surface area contributed by atoms with E-state index >= 15 is 0 Å². The normalized spacial score (nSPS) is 26.3. The second kappa shape index (κ2) is 9.71. The molecule has 4 unspecified atom stereocenters. The van der Waals surface area contributed by atoms with Gasteiger partial charge in [0.05, 0.1) is 24.8 Å². The molecular weight excluding hydrogens is 452 g/mol. The number of hydrogen-bond acceptors (Lipinski definition) is 8. The Morgan fingerprint density at radius 1 is 1.03 bits per heavy atom. The number of esters is 3.